The van der Waals surface area contributed by atoms with E-state index >= 15 is 0 Å². The molecular weight excluding hydrogens is 372 g/mol. The highest BCUT2D eigenvalue weighted by Gasteiger charge is 2.43. The molecule has 0 spiro atoms. The van der Waals surface area contributed by atoms with Gasteiger partial charge >= 0.3 is 5.97 Å². The number of nitrogens with zero attached hydrogens (tertiary/aromatic N) is 2. The molecule has 3 atom stereocenters. The van der Waals surface area contributed by atoms with Gasteiger partial charge in [-0.3, -0.25) is 9.59 Å². The summed E-state index contributed by atoms with van der Waals surface area (Å²) in [6, 6.07) is 5.78. The maximum atomic E-state index is 13.0. The zero-order chi connectivity index (χ0) is 19.6. The van der Waals surface area contributed by atoms with Gasteiger partial charge in [-0.1, -0.05) is 11.6 Å². The van der Waals surface area contributed by atoms with Gasteiger partial charge in [0.1, 0.15) is 6.04 Å². The number of carboxylic acid groups (broad SMARTS) is 1. The molecule has 0 aromatic heterocycles. The highest BCUT2D eigenvalue weighted by atomic mass is 35.5. The minimum Gasteiger partial charge on any atom is -0.480 e. The molecule has 2 aliphatic heterocycles. The average molecular weight is 395 g/mol. The fourth-order valence-electron chi connectivity index (χ4n) is 3.82. The van der Waals surface area contributed by atoms with Gasteiger partial charge in [0.15, 0.2) is 0 Å². The van der Waals surface area contributed by atoms with Gasteiger partial charge in [-0.05, 0) is 37.1 Å². The Bertz CT molecular complexity index is 723. The second-order valence-electron chi connectivity index (χ2n) is 7.04. The lowest BCUT2D eigenvalue weighted by molar-refractivity contribution is -0.150. The molecule has 1 aromatic carbocycles. The zero-order valence-corrected chi connectivity index (χ0v) is 15.9. The normalized spacial score (nSPS) is 25.5. The average Bonchev–Trinajstić information content (AvgIpc) is 3.12. The Morgan fingerprint density at radius 2 is 1.89 bits per heavy atom. The van der Waals surface area contributed by atoms with Crippen molar-refractivity contribution in [1.29, 1.82) is 0 Å². The predicted molar refractivity (Wildman–Crippen MR) is 98.6 cm³/mol. The molecule has 8 heteroatoms. The summed E-state index contributed by atoms with van der Waals surface area (Å²) < 4.78 is 5.25. The zero-order valence-electron chi connectivity index (χ0n) is 15.1. The van der Waals surface area contributed by atoms with Gasteiger partial charge in [0.25, 0.3) is 5.91 Å². The van der Waals surface area contributed by atoms with Crippen molar-refractivity contribution in [1.82, 2.24) is 9.80 Å². The minimum atomic E-state index is -1.02. The van der Waals surface area contributed by atoms with Gasteiger partial charge in [-0.25, -0.2) is 4.79 Å². The third kappa shape index (κ3) is 4.25. The predicted octanol–water partition coefficient (Wildman–Crippen LogP) is 1.89. The van der Waals surface area contributed by atoms with Gasteiger partial charge in [-0.2, -0.15) is 0 Å². The number of carbonyl (C=O) groups excluding carboxylic acids is 2. The number of ether oxygens (including phenoxy) is 1. The Labute approximate surface area is 162 Å². The van der Waals surface area contributed by atoms with Crippen LogP contribution in [0.3, 0.4) is 0 Å². The van der Waals surface area contributed by atoms with Gasteiger partial charge < -0.3 is 19.6 Å². The van der Waals surface area contributed by atoms with Crippen LogP contribution in [0.1, 0.15) is 29.6 Å². The third-order valence-corrected chi connectivity index (χ3v) is 5.57. The van der Waals surface area contributed by atoms with E-state index in [9.17, 15) is 19.5 Å². The lowest BCUT2D eigenvalue weighted by Gasteiger charge is -2.35. The van der Waals surface area contributed by atoms with E-state index < -0.39 is 17.9 Å². The molecule has 1 N–H and O–H groups in total. The summed E-state index contributed by atoms with van der Waals surface area (Å²) in [6.45, 7) is 1.14. The van der Waals surface area contributed by atoms with E-state index in [4.69, 9.17) is 16.3 Å². The number of halogens is 1. The summed E-state index contributed by atoms with van der Waals surface area (Å²) in [5.74, 6) is -1.77. The van der Waals surface area contributed by atoms with Crippen LogP contribution in [-0.4, -0.2) is 71.6 Å². The third-order valence-electron chi connectivity index (χ3n) is 5.31. The first kappa shape index (κ1) is 19.6. The fraction of sp³-hybridized carbons (Fsp3) is 0.526. The SMILES string of the molecule is COC1CC(C(=O)O)N(C(=O)C2CCCN(C(=O)c3ccc(Cl)cc3)C2)C1. The van der Waals surface area contributed by atoms with Crippen LogP contribution >= 0.6 is 11.6 Å². The quantitative estimate of drug-likeness (QED) is 0.842. The van der Waals surface area contributed by atoms with Crippen LogP contribution in [-0.2, 0) is 14.3 Å². The van der Waals surface area contributed by atoms with Crippen molar-refractivity contribution in [3.63, 3.8) is 0 Å². The maximum absolute atomic E-state index is 13.0. The molecule has 3 unspecified atom stereocenters. The van der Waals surface area contributed by atoms with Gasteiger partial charge in [0, 0.05) is 43.8 Å². The number of carboxylic acids is 1. The molecular formula is C19H23ClN2O5. The molecule has 0 saturated carbocycles. The number of likely N-dealkylation sites (tertiary alicyclic amines) is 2. The van der Waals surface area contributed by atoms with Gasteiger partial charge in [-0.15, -0.1) is 0 Å². The van der Waals surface area contributed by atoms with E-state index in [2.05, 4.69) is 0 Å². The van der Waals surface area contributed by atoms with E-state index in [1.54, 1.807) is 29.2 Å². The number of aliphatic carboxylic acids is 1. The summed E-state index contributed by atoms with van der Waals surface area (Å²) in [7, 11) is 1.52. The lowest BCUT2D eigenvalue weighted by Crippen LogP contribution is -2.49. The standard InChI is InChI=1S/C19H23ClN2O5/c1-27-15-9-16(19(25)26)22(11-15)18(24)13-3-2-8-21(10-13)17(23)12-4-6-14(20)7-5-12/h4-7,13,15-16H,2-3,8-11H2,1H3,(H,25,26). The molecule has 0 radical (unpaired) electrons. The van der Waals surface area contributed by atoms with Crippen molar-refractivity contribution in [2.45, 2.75) is 31.4 Å². The summed E-state index contributed by atoms with van der Waals surface area (Å²) >= 11 is 5.87. The number of amides is 2. The summed E-state index contributed by atoms with van der Waals surface area (Å²) in [5.41, 5.74) is 0.525. The monoisotopic (exact) mass is 394 g/mol. The number of methoxy groups -OCH3 is 1. The van der Waals surface area contributed by atoms with Crippen LogP contribution in [0.15, 0.2) is 24.3 Å². The molecule has 2 heterocycles. The Morgan fingerprint density at radius 1 is 1.19 bits per heavy atom. The molecule has 2 amide bonds. The smallest absolute Gasteiger partial charge is 0.326 e. The molecule has 0 bridgehead atoms. The number of benzene rings is 1. The molecule has 7 nitrogen and oxygen atoms in total. The largest absolute Gasteiger partial charge is 0.480 e. The fourth-order valence-corrected chi connectivity index (χ4v) is 3.94. The number of carbonyl (C=O) groups is 3. The van der Waals surface area contributed by atoms with Crippen LogP contribution in [0.2, 0.25) is 5.02 Å². The van der Waals surface area contributed by atoms with E-state index in [1.165, 1.54) is 12.0 Å². The van der Waals surface area contributed by atoms with Crippen molar-refractivity contribution in [2.75, 3.05) is 26.7 Å². The van der Waals surface area contributed by atoms with Gasteiger partial charge in [0.05, 0.1) is 12.0 Å². The van der Waals surface area contributed by atoms with Crippen LogP contribution in [0.25, 0.3) is 0 Å². The van der Waals surface area contributed by atoms with Gasteiger partial charge in [0.2, 0.25) is 5.91 Å². The lowest BCUT2D eigenvalue weighted by atomic mass is 9.95. The van der Waals surface area contributed by atoms with Crippen molar-refractivity contribution >= 4 is 29.4 Å². The topological polar surface area (TPSA) is 87.2 Å². The summed E-state index contributed by atoms with van der Waals surface area (Å²) in [4.78, 5) is 40.3. The van der Waals surface area contributed by atoms with Crippen LogP contribution in [0.5, 0.6) is 0 Å². The van der Waals surface area contributed by atoms with E-state index in [0.29, 0.717) is 36.5 Å². The van der Waals surface area contributed by atoms with Crippen molar-refractivity contribution in [2.24, 2.45) is 5.92 Å². The molecule has 2 saturated heterocycles. The highest BCUT2D eigenvalue weighted by molar-refractivity contribution is 6.30. The summed E-state index contributed by atoms with van der Waals surface area (Å²) in [5, 5.41) is 9.99. The Balaban J connectivity index is 1.70. The second-order valence-corrected chi connectivity index (χ2v) is 7.47. The number of rotatable bonds is 4. The number of hydrogen-bond donors (Lipinski definition) is 1. The first-order valence-electron chi connectivity index (χ1n) is 9.01. The number of hydrogen-bond acceptors (Lipinski definition) is 4. The summed E-state index contributed by atoms with van der Waals surface area (Å²) in [6.07, 6.45) is 1.36. The molecule has 2 aliphatic rings. The molecule has 1 aromatic rings. The Hall–Kier alpha value is -2.12. The molecule has 27 heavy (non-hydrogen) atoms. The van der Waals surface area contributed by atoms with Crippen LogP contribution < -0.4 is 0 Å². The maximum Gasteiger partial charge on any atom is 0.326 e. The minimum absolute atomic E-state index is 0.143. The molecule has 3 rings (SSSR count). The van der Waals surface area contributed by atoms with E-state index in [-0.39, 0.29) is 30.9 Å². The second kappa shape index (κ2) is 8.27. The van der Waals surface area contributed by atoms with Crippen LogP contribution in [0, 0.1) is 5.92 Å². The molecule has 2 fully saturated rings. The number of piperidine rings is 1. The van der Waals surface area contributed by atoms with Crippen molar-refractivity contribution in [3.05, 3.63) is 34.9 Å². The van der Waals surface area contributed by atoms with E-state index in [1.807, 2.05) is 0 Å². The Morgan fingerprint density at radius 3 is 2.52 bits per heavy atom. The molecule has 0 aliphatic carbocycles. The molecule has 146 valence electrons. The first-order chi connectivity index (χ1) is 12.9. The van der Waals surface area contributed by atoms with E-state index in [0.717, 1.165) is 0 Å². The van der Waals surface area contributed by atoms with Crippen molar-refractivity contribution in [3.8, 4) is 0 Å². The first-order valence-corrected chi connectivity index (χ1v) is 9.39. The highest BCUT2D eigenvalue weighted by Crippen LogP contribution is 2.27. The van der Waals surface area contributed by atoms with Crippen LogP contribution in [0.4, 0.5) is 0 Å². The van der Waals surface area contributed by atoms with Crippen molar-refractivity contribution < 1.29 is 24.2 Å². The Kier molecular flexibility index (Phi) is 6.01.